The first-order valence-electron chi connectivity index (χ1n) is 6.64. The Labute approximate surface area is 123 Å². The van der Waals surface area contributed by atoms with Crippen molar-refractivity contribution in [2.75, 3.05) is 0 Å². The molecule has 0 aliphatic rings. The Morgan fingerprint density at radius 1 is 1.40 bits per heavy atom. The highest BCUT2D eigenvalue weighted by Gasteiger charge is 2.21. The van der Waals surface area contributed by atoms with Crippen molar-refractivity contribution in [2.24, 2.45) is 5.73 Å². The molecule has 0 aliphatic heterocycles. The molecule has 0 saturated heterocycles. The number of thiazole rings is 1. The predicted octanol–water partition coefficient (Wildman–Crippen LogP) is 2.72. The third-order valence-corrected chi connectivity index (χ3v) is 4.18. The number of carbonyl (C=O) groups excluding carboxylic acids is 1. The van der Waals surface area contributed by atoms with E-state index >= 15 is 0 Å². The quantitative estimate of drug-likeness (QED) is 0.889. The van der Waals surface area contributed by atoms with Gasteiger partial charge in [0.2, 0.25) is 5.91 Å². The first-order valence-corrected chi connectivity index (χ1v) is 7.52. The molecule has 0 fully saturated rings. The highest BCUT2D eigenvalue weighted by atomic mass is 32.1. The molecule has 0 spiro atoms. The van der Waals surface area contributed by atoms with Gasteiger partial charge >= 0.3 is 0 Å². The number of hydrogen-bond donors (Lipinski definition) is 2. The molecule has 0 saturated carbocycles. The largest absolute Gasteiger partial charge is 0.345 e. The maximum Gasteiger partial charge on any atom is 0.242 e. The summed E-state index contributed by atoms with van der Waals surface area (Å²) in [5.41, 5.74) is 7.79. The zero-order valence-electron chi connectivity index (χ0n) is 11.7. The Morgan fingerprint density at radius 2 is 2.10 bits per heavy atom. The normalized spacial score (nSPS) is 13.8. The molecule has 3 N–H and O–H groups in total. The van der Waals surface area contributed by atoms with E-state index in [1.807, 2.05) is 49.6 Å². The summed E-state index contributed by atoms with van der Waals surface area (Å²) in [5, 5.41) is 5.90. The highest BCUT2D eigenvalue weighted by molar-refractivity contribution is 7.09. The van der Waals surface area contributed by atoms with Crippen LogP contribution in [0.25, 0.3) is 0 Å². The van der Waals surface area contributed by atoms with E-state index in [0.29, 0.717) is 0 Å². The number of nitrogens with two attached hydrogens (primary N) is 1. The summed E-state index contributed by atoms with van der Waals surface area (Å²) in [6.45, 7) is 3.97. The molecule has 1 aromatic heterocycles. The van der Waals surface area contributed by atoms with E-state index in [1.54, 1.807) is 11.3 Å². The van der Waals surface area contributed by atoms with Gasteiger partial charge in [-0.1, -0.05) is 37.3 Å². The topological polar surface area (TPSA) is 68.0 Å². The van der Waals surface area contributed by atoms with Gasteiger partial charge in [-0.15, -0.1) is 11.3 Å². The van der Waals surface area contributed by atoms with Gasteiger partial charge in [0, 0.05) is 11.1 Å². The van der Waals surface area contributed by atoms with Crippen molar-refractivity contribution in [2.45, 2.75) is 32.4 Å². The first kappa shape index (κ1) is 14.7. The number of amides is 1. The summed E-state index contributed by atoms with van der Waals surface area (Å²) >= 11 is 1.57. The van der Waals surface area contributed by atoms with E-state index in [0.717, 1.165) is 22.7 Å². The van der Waals surface area contributed by atoms with Gasteiger partial charge in [0.05, 0.1) is 6.04 Å². The fourth-order valence-electron chi connectivity index (χ4n) is 1.94. The number of nitrogens with zero attached hydrogens (tertiary/aromatic N) is 1. The standard InChI is InChI=1S/C15H19N3OS/c1-3-12(15-17-10(2)9-20-15)18-14(19)13(16)11-7-5-4-6-8-11/h4-9,12-13H,3,16H2,1-2H3,(H,18,19). The van der Waals surface area contributed by atoms with Crippen molar-refractivity contribution in [3.05, 3.63) is 52.0 Å². The van der Waals surface area contributed by atoms with Crippen LogP contribution >= 0.6 is 11.3 Å². The van der Waals surface area contributed by atoms with Crippen LogP contribution in [0, 0.1) is 6.92 Å². The van der Waals surface area contributed by atoms with Crippen LogP contribution in [0.1, 0.15) is 41.7 Å². The summed E-state index contributed by atoms with van der Waals surface area (Å²) < 4.78 is 0. The Morgan fingerprint density at radius 3 is 2.65 bits per heavy atom. The van der Waals surface area contributed by atoms with Gasteiger partial charge in [0.25, 0.3) is 0 Å². The molecule has 2 atom stereocenters. The van der Waals surface area contributed by atoms with Gasteiger partial charge in [0.1, 0.15) is 11.0 Å². The number of aromatic nitrogens is 1. The molecule has 1 aromatic carbocycles. The molecule has 0 aliphatic carbocycles. The molecule has 2 rings (SSSR count). The van der Waals surface area contributed by atoms with Gasteiger partial charge in [-0.05, 0) is 18.9 Å². The minimum absolute atomic E-state index is 0.0732. The summed E-state index contributed by atoms with van der Waals surface area (Å²) in [6, 6.07) is 8.66. The fourth-order valence-corrected chi connectivity index (χ4v) is 2.87. The van der Waals surface area contributed by atoms with Crippen LogP contribution in [0.15, 0.2) is 35.7 Å². The summed E-state index contributed by atoms with van der Waals surface area (Å²) in [6.07, 6.45) is 0.792. The third-order valence-electron chi connectivity index (χ3n) is 3.10. The van der Waals surface area contributed by atoms with Gasteiger partial charge < -0.3 is 11.1 Å². The first-order chi connectivity index (χ1) is 9.61. The van der Waals surface area contributed by atoms with Crippen LogP contribution < -0.4 is 11.1 Å². The Kier molecular flexibility index (Phi) is 4.87. The van der Waals surface area contributed by atoms with Crippen LogP contribution in [0.4, 0.5) is 0 Å². The van der Waals surface area contributed by atoms with Gasteiger partial charge in [-0.2, -0.15) is 0 Å². The zero-order chi connectivity index (χ0) is 14.5. The SMILES string of the molecule is CCC(NC(=O)C(N)c1ccccc1)c1nc(C)cs1. The minimum Gasteiger partial charge on any atom is -0.345 e. The Hall–Kier alpha value is -1.72. The highest BCUT2D eigenvalue weighted by Crippen LogP contribution is 2.21. The zero-order valence-corrected chi connectivity index (χ0v) is 12.5. The van der Waals surface area contributed by atoms with Crippen LogP contribution in [0.5, 0.6) is 0 Å². The second-order valence-corrected chi connectivity index (χ2v) is 5.57. The molecular formula is C15H19N3OS. The average Bonchev–Trinajstić information content (AvgIpc) is 2.91. The van der Waals surface area contributed by atoms with Gasteiger partial charge in [-0.3, -0.25) is 4.79 Å². The van der Waals surface area contributed by atoms with Crippen molar-refractivity contribution in [3.63, 3.8) is 0 Å². The molecule has 106 valence electrons. The number of benzene rings is 1. The molecule has 1 amide bonds. The maximum absolute atomic E-state index is 12.2. The molecule has 0 bridgehead atoms. The predicted molar refractivity (Wildman–Crippen MR) is 81.4 cm³/mol. The summed E-state index contributed by atoms with van der Waals surface area (Å²) in [7, 11) is 0. The second kappa shape index (κ2) is 6.63. The van der Waals surface area contributed by atoms with Crippen LogP contribution in [0.2, 0.25) is 0 Å². The molecule has 2 aromatic rings. The number of rotatable bonds is 5. The molecule has 1 heterocycles. The molecule has 4 nitrogen and oxygen atoms in total. The smallest absolute Gasteiger partial charge is 0.242 e. The van der Waals surface area contributed by atoms with Gasteiger partial charge in [-0.25, -0.2) is 4.98 Å². The van der Waals surface area contributed by atoms with Crippen molar-refractivity contribution in [3.8, 4) is 0 Å². The molecule has 5 heteroatoms. The number of hydrogen-bond acceptors (Lipinski definition) is 4. The van der Waals surface area contributed by atoms with Crippen LogP contribution in [-0.2, 0) is 4.79 Å². The lowest BCUT2D eigenvalue weighted by atomic mass is 10.1. The Bertz CT molecular complexity index is 568. The molecular weight excluding hydrogens is 270 g/mol. The minimum atomic E-state index is -0.647. The summed E-state index contributed by atoms with van der Waals surface area (Å²) in [4.78, 5) is 16.7. The maximum atomic E-state index is 12.2. The van der Waals surface area contributed by atoms with Gasteiger partial charge in [0.15, 0.2) is 0 Å². The lowest BCUT2D eigenvalue weighted by molar-refractivity contribution is -0.123. The van der Waals surface area contributed by atoms with Crippen LogP contribution in [-0.4, -0.2) is 10.9 Å². The van der Waals surface area contributed by atoms with E-state index in [2.05, 4.69) is 10.3 Å². The van der Waals surface area contributed by atoms with E-state index in [-0.39, 0.29) is 11.9 Å². The van der Waals surface area contributed by atoms with E-state index < -0.39 is 6.04 Å². The van der Waals surface area contributed by atoms with E-state index in [9.17, 15) is 4.79 Å². The average molecular weight is 289 g/mol. The number of carbonyl (C=O) groups is 1. The summed E-state index contributed by atoms with van der Waals surface area (Å²) in [5.74, 6) is -0.170. The third kappa shape index (κ3) is 3.43. The van der Waals surface area contributed by atoms with E-state index in [4.69, 9.17) is 5.73 Å². The number of nitrogens with one attached hydrogen (secondary N) is 1. The monoisotopic (exact) mass is 289 g/mol. The lowest BCUT2D eigenvalue weighted by Gasteiger charge is -2.18. The van der Waals surface area contributed by atoms with Crippen molar-refractivity contribution < 1.29 is 4.79 Å². The molecule has 20 heavy (non-hydrogen) atoms. The lowest BCUT2D eigenvalue weighted by Crippen LogP contribution is -2.36. The van der Waals surface area contributed by atoms with E-state index in [1.165, 1.54) is 0 Å². The van der Waals surface area contributed by atoms with Crippen molar-refractivity contribution in [1.29, 1.82) is 0 Å². The second-order valence-electron chi connectivity index (χ2n) is 4.68. The fraction of sp³-hybridized carbons (Fsp3) is 0.333. The molecule has 0 radical (unpaired) electrons. The van der Waals surface area contributed by atoms with Crippen molar-refractivity contribution >= 4 is 17.2 Å². The van der Waals surface area contributed by atoms with Crippen molar-refractivity contribution in [1.82, 2.24) is 10.3 Å². The van der Waals surface area contributed by atoms with Crippen LogP contribution in [0.3, 0.4) is 0 Å². The Balaban J connectivity index is 2.06. The number of aryl methyl sites for hydroxylation is 1. The molecule has 2 unspecified atom stereocenters.